The quantitative estimate of drug-likeness (QED) is 0.790. The summed E-state index contributed by atoms with van der Waals surface area (Å²) in [6.45, 7) is 0.663. The Labute approximate surface area is 130 Å². The van der Waals surface area contributed by atoms with E-state index in [1.165, 1.54) is 23.5 Å². The van der Waals surface area contributed by atoms with Crippen molar-refractivity contribution in [2.45, 2.75) is 13.1 Å². The summed E-state index contributed by atoms with van der Waals surface area (Å²) in [5.41, 5.74) is 0.923. The van der Waals surface area contributed by atoms with Crippen molar-refractivity contribution in [3.05, 3.63) is 56.7 Å². The Morgan fingerprint density at radius 2 is 1.90 bits per heavy atom. The molecule has 0 aliphatic rings. The Morgan fingerprint density at radius 1 is 1.14 bits per heavy atom. The van der Waals surface area contributed by atoms with Gasteiger partial charge in [0.25, 0.3) is 0 Å². The highest BCUT2D eigenvalue weighted by molar-refractivity contribution is 7.16. The summed E-state index contributed by atoms with van der Waals surface area (Å²) in [5, 5.41) is 14.3. The zero-order chi connectivity index (χ0) is 15.2. The Hall–Kier alpha value is -2.05. The summed E-state index contributed by atoms with van der Waals surface area (Å²) < 4.78 is 0.678. The average Bonchev–Trinajstić information content (AvgIpc) is 2.89. The van der Waals surface area contributed by atoms with E-state index < -0.39 is 5.97 Å². The number of amides is 2. The molecule has 0 saturated heterocycles. The van der Waals surface area contributed by atoms with E-state index in [-0.39, 0.29) is 18.1 Å². The highest BCUT2D eigenvalue weighted by Crippen LogP contribution is 2.20. The number of carbonyl (C=O) groups is 2. The lowest BCUT2D eigenvalue weighted by molar-refractivity contribution is 0.0696. The second kappa shape index (κ2) is 7.10. The fraction of sp³-hybridized carbons (Fsp3) is 0.143. The topological polar surface area (TPSA) is 78.4 Å². The second-order valence-electron chi connectivity index (χ2n) is 4.25. The smallest absolute Gasteiger partial charge is 0.335 e. The largest absolute Gasteiger partial charge is 0.478 e. The predicted molar refractivity (Wildman–Crippen MR) is 81.8 cm³/mol. The van der Waals surface area contributed by atoms with Gasteiger partial charge in [-0.1, -0.05) is 23.7 Å². The number of carboxylic acids is 1. The fourth-order valence-corrected chi connectivity index (χ4v) is 2.70. The molecule has 0 bridgehead atoms. The van der Waals surface area contributed by atoms with E-state index in [1.54, 1.807) is 18.2 Å². The van der Waals surface area contributed by atoms with E-state index in [0.717, 1.165) is 10.4 Å². The van der Waals surface area contributed by atoms with Gasteiger partial charge < -0.3 is 15.7 Å². The highest BCUT2D eigenvalue weighted by atomic mass is 35.5. The number of carbonyl (C=O) groups excluding carboxylic acids is 1. The molecule has 2 amide bonds. The molecule has 21 heavy (non-hydrogen) atoms. The predicted octanol–water partition coefficient (Wildman–Crippen LogP) is 3.10. The molecule has 0 atom stereocenters. The maximum Gasteiger partial charge on any atom is 0.335 e. The van der Waals surface area contributed by atoms with Gasteiger partial charge in [0, 0.05) is 11.4 Å². The van der Waals surface area contributed by atoms with Crippen LogP contribution in [0.15, 0.2) is 36.4 Å². The van der Waals surface area contributed by atoms with E-state index in [0.29, 0.717) is 10.9 Å². The van der Waals surface area contributed by atoms with Crippen molar-refractivity contribution >= 4 is 34.9 Å². The second-order valence-corrected chi connectivity index (χ2v) is 6.05. The van der Waals surface area contributed by atoms with Gasteiger partial charge in [-0.3, -0.25) is 0 Å². The molecule has 2 aromatic rings. The van der Waals surface area contributed by atoms with Crippen LogP contribution in [0.25, 0.3) is 0 Å². The lowest BCUT2D eigenvalue weighted by atomic mass is 10.1. The summed E-state index contributed by atoms with van der Waals surface area (Å²) in [6.07, 6.45) is 0. The van der Waals surface area contributed by atoms with Crippen LogP contribution in [0.1, 0.15) is 20.8 Å². The monoisotopic (exact) mass is 324 g/mol. The fourth-order valence-electron chi connectivity index (χ4n) is 1.67. The molecule has 0 spiro atoms. The van der Waals surface area contributed by atoms with Gasteiger partial charge in [0.2, 0.25) is 0 Å². The molecule has 3 N–H and O–H groups in total. The number of thiophene rings is 1. The van der Waals surface area contributed by atoms with Gasteiger partial charge in [-0.2, -0.15) is 0 Å². The third-order valence-electron chi connectivity index (χ3n) is 2.68. The van der Waals surface area contributed by atoms with Crippen LogP contribution in [0.2, 0.25) is 4.34 Å². The molecule has 110 valence electrons. The van der Waals surface area contributed by atoms with Crippen LogP contribution in [-0.4, -0.2) is 17.1 Å². The SMILES string of the molecule is O=C(NCc1cccc(C(=O)O)c1)NCc1ccc(Cl)s1. The minimum absolute atomic E-state index is 0.197. The number of hydrogen-bond acceptors (Lipinski definition) is 3. The van der Waals surface area contributed by atoms with Gasteiger partial charge in [-0.25, -0.2) is 9.59 Å². The number of aromatic carboxylic acids is 1. The molecule has 0 aliphatic heterocycles. The standard InChI is InChI=1S/C14H13ClN2O3S/c15-12-5-4-11(21-12)8-17-14(20)16-7-9-2-1-3-10(6-9)13(18)19/h1-6H,7-8H2,(H,18,19)(H2,16,17,20). The molecule has 0 saturated carbocycles. The van der Waals surface area contributed by atoms with E-state index >= 15 is 0 Å². The van der Waals surface area contributed by atoms with Crippen LogP contribution in [0.5, 0.6) is 0 Å². The van der Waals surface area contributed by atoms with Crippen molar-refractivity contribution in [2.75, 3.05) is 0 Å². The van der Waals surface area contributed by atoms with Crippen LogP contribution in [0.4, 0.5) is 4.79 Å². The van der Waals surface area contributed by atoms with Crippen molar-refractivity contribution in [3.8, 4) is 0 Å². The summed E-state index contributed by atoms with van der Waals surface area (Å²) in [6, 6.07) is 9.74. The molecule has 0 radical (unpaired) electrons. The number of benzene rings is 1. The minimum Gasteiger partial charge on any atom is -0.478 e. The molecule has 0 aliphatic carbocycles. The van der Waals surface area contributed by atoms with Gasteiger partial charge in [0.15, 0.2) is 0 Å². The van der Waals surface area contributed by atoms with Crippen molar-refractivity contribution in [2.24, 2.45) is 0 Å². The molecule has 7 heteroatoms. The molecule has 0 fully saturated rings. The number of urea groups is 1. The van der Waals surface area contributed by atoms with Gasteiger partial charge >= 0.3 is 12.0 Å². The van der Waals surface area contributed by atoms with E-state index in [4.69, 9.17) is 16.7 Å². The molecule has 1 heterocycles. The highest BCUT2D eigenvalue weighted by Gasteiger charge is 2.05. The Kier molecular flexibility index (Phi) is 5.19. The molecular formula is C14H13ClN2O3S. The first-order chi connectivity index (χ1) is 10.0. The zero-order valence-electron chi connectivity index (χ0n) is 10.9. The van der Waals surface area contributed by atoms with Crippen LogP contribution >= 0.6 is 22.9 Å². The van der Waals surface area contributed by atoms with Crippen molar-refractivity contribution in [1.29, 1.82) is 0 Å². The van der Waals surface area contributed by atoms with Crippen LogP contribution in [0, 0.1) is 0 Å². The Balaban J connectivity index is 1.81. The summed E-state index contributed by atoms with van der Waals surface area (Å²) in [4.78, 5) is 23.5. The molecule has 5 nitrogen and oxygen atoms in total. The first-order valence-corrected chi connectivity index (χ1v) is 7.32. The number of hydrogen-bond donors (Lipinski definition) is 3. The number of carboxylic acid groups (broad SMARTS) is 1. The summed E-state index contributed by atoms with van der Waals surface area (Å²) in [5.74, 6) is -0.990. The zero-order valence-corrected chi connectivity index (χ0v) is 12.5. The number of halogens is 1. The van der Waals surface area contributed by atoms with Crippen molar-refractivity contribution in [3.63, 3.8) is 0 Å². The van der Waals surface area contributed by atoms with E-state index in [1.807, 2.05) is 6.07 Å². The molecule has 2 rings (SSSR count). The van der Waals surface area contributed by atoms with Crippen molar-refractivity contribution < 1.29 is 14.7 Å². The number of rotatable bonds is 5. The first kappa shape index (κ1) is 15.3. The Bertz CT molecular complexity index is 657. The maximum atomic E-state index is 11.6. The molecular weight excluding hydrogens is 312 g/mol. The van der Waals surface area contributed by atoms with Gasteiger partial charge in [0.1, 0.15) is 0 Å². The van der Waals surface area contributed by atoms with Crippen LogP contribution in [-0.2, 0) is 13.1 Å². The molecule has 1 aromatic carbocycles. The molecule has 0 unspecified atom stereocenters. The average molecular weight is 325 g/mol. The lowest BCUT2D eigenvalue weighted by Crippen LogP contribution is -2.34. The summed E-state index contributed by atoms with van der Waals surface area (Å²) >= 11 is 7.21. The third kappa shape index (κ3) is 4.77. The minimum atomic E-state index is -0.990. The Morgan fingerprint density at radius 3 is 2.57 bits per heavy atom. The normalized spacial score (nSPS) is 10.1. The van der Waals surface area contributed by atoms with Crippen molar-refractivity contribution in [1.82, 2.24) is 10.6 Å². The van der Waals surface area contributed by atoms with Gasteiger partial charge in [0.05, 0.1) is 16.4 Å². The third-order valence-corrected chi connectivity index (χ3v) is 3.91. The van der Waals surface area contributed by atoms with Crippen LogP contribution in [0.3, 0.4) is 0 Å². The lowest BCUT2D eigenvalue weighted by Gasteiger charge is -2.07. The molecule has 1 aromatic heterocycles. The summed E-state index contributed by atoms with van der Waals surface area (Å²) in [7, 11) is 0. The van der Waals surface area contributed by atoms with Crippen LogP contribution < -0.4 is 10.6 Å². The van der Waals surface area contributed by atoms with E-state index in [2.05, 4.69) is 10.6 Å². The van der Waals surface area contributed by atoms with E-state index in [9.17, 15) is 9.59 Å². The maximum absolute atomic E-state index is 11.6. The van der Waals surface area contributed by atoms with Gasteiger partial charge in [-0.05, 0) is 29.8 Å². The number of nitrogens with one attached hydrogen (secondary N) is 2. The first-order valence-electron chi connectivity index (χ1n) is 6.13. The van der Waals surface area contributed by atoms with Gasteiger partial charge in [-0.15, -0.1) is 11.3 Å².